The van der Waals surface area contributed by atoms with Crippen LogP contribution in [0, 0.1) is 12.3 Å². The largest absolute Gasteiger partial charge is 0.384 e. The van der Waals surface area contributed by atoms with Crippen molar-refractivity contribution in [1.29, 1.82) is 5.41 Å². The molecule has 16 heavy (non-hydrogen) atoms. The van der Waals surface area contributed by atoms with Crippen LogP contribution in [0.4, 0.5) is 5.69 Å². The van der Waals surface area contributed by atoms with Crippen LogP contribution in [0.3, 0.4) is 0 Å². The van der Waals surface area contributed by atoms with Gasteiger partial charge in [0.25, 0.3) is 10.2 Å². The molecular formula is C9H14N4O2S. The van der Waals surface area contributed by atoms with Gasteiger partial charge in [0, 0.05) is 12.6 Å². The Morgan fingerprint density at radius 1 is 1.44 bits per heavy atom. The number of anilines is 1. The Balaban J connectivity index is 3.13. The van der Waals surface area contributed by atoms with Gasteiger partial charge in [-0.3, -0.25) is 10.1 Å². The van der Waals surface area contributed by atoms with Crippen LogP contribution in [0.1, 0.15) is 11.1 Å². The molecule has 0 radical (unpaired) electrons. The van der Waals surface area contributed by atoms with E-state index in [4.69, 9.17) is 11.1 Å². The van der Waals surface area contributed by atoms with Crippen molar-refractivity contribution in [1.82, 2.24) is 4.72 Å². The van der Waals surface area contributed by atoms with E-state index >= 15 is 0 Å². The summed E-state index contributed by atoms with van der Waals surface area (Å²) in [5, 5.41) is 7.26. The summed E-state index contributed by atoms with van der Waals surface area (Å²) >= 11 is 0. The first-order chi connectivity index (χ1) is 7.35. The number of hydrogen-bond donors (Lipinski definition) is 4. The summed E-state index contributed by atoms with van der Waals surface area (Å²) in [6.45, 7) is 1.76. The molecule has 1 rings (SSSR count). The minimum atomic E-state index is -3.55. The van der Waals surface area contributed by atoms with Crippen molar-refractivity contribution in [2.75, 3.05) is 11.8 Å². The van der Waals surface area contributed by atoms with Crippen LogP contribution in [0.25, 0.3) is 0 Å². The summed E-state index contributed by atoms with van der Waals surface area (Å²) in [7, 11) is -2.24. The van der Waals surface area contributed by atoms with Crippen molar-refractivity contribution >= 4 is 21.7 Å². The molecule has 5 N–H and O–H groups in total. The van der Waals surface area contributed by atoms with Gasteiger partial charge in [-0.05, 0) is 18.6 Å². The van der Waals surface area contributed by atoms with Crippen LogP contribution in [0.2, 0.25) is 0 Å². The van der Waals surface area contributed by atoms with Gasteiger partial charge in [-0.1, -0.05) is 12.1 Å². The highest BCUT2D eigenvalue weighted by Gasteiger charge is 2.09. The first kappa shape index (κ1) is 12.5. The summed E-state index contributed by atoms with van der Waals surface area (Å²) in [5.74, 6) is -0.107. The van der Waals surface area contributed by atoms with Gasteiger partial charge >= 0.3 is 0 Å². The molecule has 0 aliphatic heterocycles. The molecule has 0 fully saturated rings. The SMILES string of the molecule is CNS(=O)(=O)Nc1cc(C(=N)N)ccc1C. The Kier molecular flexibility index (Phi) is 3.51. The van der Waals surface area contributed by atoms with Gasteiger partial charge in [0.2, 0.25) is 0 Å². The van der Waals surface area contributed by atoms with Crippen LogP contribution >= 0.6 is 0 Å². The van der Waals surface area contributed by atoms with Gasteiger partial charge in [0.05, 0.1) is 5.69 Å². The highest BCUT2D eigenvalue weighted by atomic mass is 32.2. The molecule has 88 valence electrons. The Labute approximate surface area is 94.5 Å². The van der Waals surface area contributed by atoms with E-state index in [0.717, 1.165) is 5.56 Å². The first-order valence-corrected chi connectivity index (χ1v) is 6.00. The normalized spacial score (nSPS) is 11.1. The van der Waals surface area contributed by atoms with Gasteiger partial charge < -0.3 is 5.73 Å². The van der Waals surface area contributed by atoms with Gasteiger partial charge in [-0.25, -0.2) is 4.72 Å². The Morgan fingerprint density at radius 3 is 2.56 bits per heavy atom. The molecule has 0 heterocycles. The predicted octanol–water partition coefficient (Wildman–Crippen LogP) is 0.155. The lowest BCUT2D eigenvalue weighted by Crippen LogP contribution is -2.27. The predicted molar refractivity (Wildman–Crippen MR) is 63.8 cm³/mol. The standard InChI is InChI=1S/C9H14N4O2S/c1-6-3-4-7(9(10)11)5-8(6)13-16(14,15)12-2/h3-5,12-13H,1-2H3,(H3,10,11). The Bertz CT molecular complexity index is 510. The fourth-order valence-electron chi connectivity index (χ4n) is 1.10. The average Bonchev–Trinajstić information content (AvgIpc) is 2.21. The molecule has 0 saturated carbocycles. The fourth-order valence-corrected chi connectivity index (χ4v) is 1.71. The zero-order chi connectivity index (χ0) is 12.3. The summed E-state index contributed by atoms with van der Waals surface area (Å²) in [6, 6.07) is 4.88. The molecule has 0 aliphatic rings. The van der Waals surface area contributed by atoms with Crippen LogP contribution in [0.15, 0.2) is 18.2 Å². The molecule has 1 aromatic carbocycles. The molecule has 0 saturated heterocycles. The van der Waals surface area contributed by atoms with Gasteiger partial charge in [0.1, 0.15) is 5.84 Å². The second kappa shape index (κ2) is 4.50. The van der Waals surface area contributed by atoms with Crippen molar-refractivity contribution in [2.24, 2.45) is 5.73 Å². The maximum atomic E-state index is 11.3. The molecule has 1 aromatic rings. The van der Waals surface area contributed by atoms with Gasteiger partial charge in [-0.2, -0.15) is 8.42 Å². The lowest BCUT2D eigenvalue weighted by Gasteiger charge is -2.10. The smallest absolute Gasteiger partial charge is 0.298 e. The molecular weight excluding hydrogens is 228 g/mol. The van der Waals surface area contributed by atoms with Crippen LogP contribution < -0.4 is 15.2 Å². The van der Waals surface area contributed by atoms with Crippen LogP contribution in [-0.2, 0) is 10.2 Å². The van der Waals surface area contributed by atoms with Crippen molar-refractivity contribution < 1.29 is 8.42 Å². The number of aryl methyl sites for hydroxylation is 1. The molecule has 0 bridgehead atoms. The van der Waals surface area contributed by atoms with Crippen molar-refractivity contribution in [3.8, 4) is 0 Å². The van der Waals surface area contributed by atoms with E-state index in [-0.39, 0.29) is 5.84 Å². The maximum Gasteiger partial charge on any atom is 0.298 e. The van der Waals surface area contributed by atoms with Crippen LogP contribution in [-0.4, -0.2) is 21.3 Å². The topological polar surface area (TPSA) is 108 Å². The van der Waals surface area contributed by atoms with Crippen molar-refractivity contribution in [3.05, 3.63) is 29.3 Å². The monoisotopic (exact) mass is 242 g/mol. The number of nitrogens with one attached hydrogen (secondary N) is 3. The fraction of sp³-hybridized carbons (Fsp3) is 0.222. The molecule has 0 spiro atoms. The van der Waals surface area contributed by atoms with E-state index in [1.54, 1.807) is 19.1 Å². The van der Waals surface area contributed by atoms with E-state index in [9.17, 15) is 8.42 Å². The zero-order valence-electron chi connectivity index (χ0n) is 9.03. The molecule has 0 aliphatic carbocycles. The number of benzene rings is 1. The molecule has 0 aromatic heterocycles. The van der Waals surface area contributed by atoms with Crippen molar-refractivity contribution in [2.45, 2.75) is 6.92 Å². The summed E-state index contributed by atoms with van der Waals surface area (Å²) in [4.78, 5) is 0. The Hall–Kier alpha value is -1.60. The molecule has 0 atom stereocenters. The summed E-state index contributed by atoms with van der Waals surface area (Å²) < 4.78 is 27.1. The molecule has 7 heteroatoms. The molecule has 0 unspecified atom stereocenters. The van der Waals surface area contributed by atoms with E-state index in [0.29, 0.717) is 11.3 Å². The average molecular weight is 242 g/mol. The van der Waals surface area contributed by atoms with Gasteiger partial charge in [-0.15, -0.1) is 0 Å². The van der Waals surface area contributed by atoms with E-state index < -0.39 is 10.2 Å². The Morgan fingerprint density at radius 2 is 2.06 bits per heavy atom. The van der Waals surface area contributed by atoms with E-state index in [2.05, 4.69) is 9.44 Å². The number of hydrogen-bond acceptors (Lipinski definition) is 3. The van der Waals surface area contributed by atoms with E-state index in [1.165, 1.54) is 13.1 Å². The number of rotatable bonds is 4. The summed E-state index contributed by atoms with van der Waals surface area (Å²) in [5.41, 5.74) is 6.95. The minimum Gasteiger partial charge on any atom is -0.384 e. The second-order valence-electron chi connectivity index (χ2n) is 3.25. The third kappa shape index (κ3) is 2.94. The second-order valence-corrected chi connectivity index (χ2v) is 4.87. The first-order valence-electron chi connectivity index (χ1n) is 4.52. The highest BCUT2D eigenvalue weighted by molar-refractivity contribution is 7.90. The minimum absolute atomic E-state index is 0.107. The lowest BCUT2D eigenvalue weighted by molar-refractivity contribution is 0.593. The van der Waals surface area contributed by atoms with E-state index in [1.807, 2.05) is 0 Å². The quantitative estimate of drug-likeness (QED) is 0.446. The van der Waals surface area contributed by atoms with Crippen LogP contribution in [0.5, 0.6) is 0 Å². The maximum absolute atomic E-state index is 11.3. The number of nitrogens with two attached hydrogens (primary N) is 1. The van der Waals surface area contributed by atoms with Gasteiger partial charge in [0.15, 0.2) is 0 Å². The number of amidine groups is 1. The molecule has 6 nitrogen and oxygen atoms in total. The lowest BCUT2D eigenvalue weighted by atomic mass is 10.1. The third-order valence-electron chi connectivity index (χ3n) is 2.06. The third-order valence-corrected chi connectivity index (χ3v) is 3.09. The molecule has 0 amide bonds. The zero-order valence-corrected chi connectivity index (χ0v) is 9.85. The summed E-state index contributed by atoms with van der Waals surface area (Å²) in [6.07, 6.45) is 0. The highest BCUT2D eigenvalue weighted by Crippen LogP contribution is 2.17. The van der Waals surface area contributed by atoms with Crippen molar-refractivity contribution in [3.63, 3.8) is 0 Å². The number of nitrogen functional groups attached to an aromatic ring is 1.